The molecule has 6 heteroatoms. The van der Waals surface area contributed by atoms with Crippen LogP contribution in [0, 0.1) is 6.92 Å². The zero-order chi connectivity index (χ0) is 11.4. The summed E-state index contributed by atoms with van der Waals surface area (Å²) < 4.78 is 5.19. The predicted octanol–water partition coefficient (Wildman–Crippen LogP) is 0.673. The van der Waals surface area contributed by atoms with E-state index in [9.17, 15) is 4.79 Å². The van der Waals surface area contributed by atoms with E-state index in [1.165, 1.54) is 0 Å². The third-order valence-corrected chi connectivity index (χ3v) is 1.97. The topological polar surface area (TPSA) is 79.5 Å². The van der Waals surface area contributed by atoms with Crippen molar-refractivity contribution < 1.29 is 14.3 Å². The van der Waals surface area contributed by atoms with Gasteiger partial charge < -0.3 is 9.52 Å². The zero-order valence-electron chi connectivity index (χ0n) is 9.10. The Bertz CT molecular complexity index is 335. The number of aliphatic carboxylic acids is 1. The van der Waals surface area contributed by atoms with E-state index < -0.39 is 5.97 Å². The molecule has 0 aliphatic carbocycles. The fourth-order valence-corrected chi connectivity index (χ4v) is 1.17. The van der Waals surface area contributed by atoms with Crippen molar-refractivity contribution in [3.05, 3.63) is 11.8 Å². The summed E-state index contributed by atoms with van der Waals surface area (Å²) in [7, 11) is 0. The zero-order valence-corrected chi connectivity index (χ0v) is 9.10. The Labute approximate surface area is 87.9 Å². The van der Waals surface area contributed by atoms with Crippen LogP contribution in [-0.2, 0) is 11.3 Å². The monoisotopic (exact) mass is 213 g/mol. The minimum atomic E-state index is -0.861. The molecule has 0 bridgehead atoms. The van der Waals surface area contributed by atoms with Gasteiger partial charge in [-0.3, -0.25) is 9.69 Å². The second-order valence-electron chi connectivity index (χ2n) is 3.61. The minimum absolute atomic E-state index is 0.0287. The molecule has 0 aliphatic rings. The molecule has 0 radical (unpaired) electrons. The number of hydrogen-bond donors (Lipinski definition) is 1. The maximum Gasteiger partial charge on any atom is 0.317 e. The smallest absolute Gasteiger partial charge is 0.317 e. The summed E-state index contributed by atoms with van der Waals surface area (Å²) in [6.07, 6.45) is 0. The van der Waals surface area contributed by atoms with Gasteiger partial charge in [0.1, 0.15) is 0 Å². The summed E-state index contributed by atoms with van der Waals surface area (Å²) in [5, 5.41) is 16.2. The first-order chi connectivity index (χ1) is 6.99. The molecule has 1 aromatic rings. The van der Waals surface area contributed by atoms with Crippen molar-refractivity contribution in [2.75, 3.05) is 6.54 Å². The molecule has 0 unspecified atom stereocenters. The molecule has 0 saturated heterocycles. The number of carboxylic acid groups (broad SMARTS) is 1. The Balaban J connectivity index is 2.62. The van der Waals surface area contributed by atoms with Crippen molar-refractivity contribution in [2.45, 2.75) is 33.4 Å². The average molecular weight is 213 g/mol. The lowest BCUT2D eigenvalue weighted by Crippen LogP contribution is -2.35. The van der Waals surface area contributed by atoms with Gasteiger partial charge in [-0.05, 0) is 13.8 Å². The van der Waals surface area contributed by atoms with E-state index >= 15 is 0 Å². The lowest BCUT2D eigenvalue weighted by molar-refractivity contribution is -0.139. The third kappa shape index (κ3) is 3.67. The lowest BCUT2D eigenvalue weighted by atomic mass is 10.3. The summed E-state index contributed by atoms with van der Waals surface area (Å²) in [6.45, 7) is 5.88. The van der Waals surface area contributed by atoms with Crippen LogP contribution in [0.15, 0.2) is 4.42 Å². The van der Waals surface area contributed by atoms with Crippen LogP contribution in [0.2, 0.25) is 0 Å². The van der Waals surface area contributed by atoms with Crippen molar-refractivity contribution in [3.8, 4) is 0 Å². The average Bonchev–Trinajstić information content (AvgIpc) is 2.49. The molecule has 0 amide bonds. The molecular formula is C9H15N3O3. The van der Waals surface area contributed by atoms with Gasteiger partial charge in [-0.2, -0.15) is 0 Å². The Morgan fingerprint density at radius 2 is 2.20 bits per heavy atom. The van der Waals surface area contributed by atoms with E-state index in [1.54, 1.807) is 11.8 Å². The Kier molecular flexibility index (Phi) is 3.79. The van der Waals surface area contributed by atoms with Crippen LogP contribution in [0.25, 0.3) is 0 Å². The maximum atomic E-state index is 10.6. The Hall–Kier alpha value is -1.43. The highest BCUT2D eigenvalue weighted by atomic mass is 16.4. The van der Waals surface area contributed by atoms with E-state index in [-0.39, 0.29) is 12.6 Å². The summed E-state index contributed by atoms with van der Waals surface area (Å²) in [4.78, 5) is 12.3. The predicted molar refractivity (Wildman–Crippen MR) is 52.2 cm³/mol. The quantitative estimate of drug-likeness (QED) is 0.774. The van der Waals surface area contributed by atoms with Gasteiger partial charge in [-0.15, -0.1) is 10.2 Å². The molecule has 6 nitrogen and oxygen atoms in total. The van der Waals surface area contributed by atoms with Gasteiger partial charge in [0.05, 0.1) is 13.1 Å². The highest BCUT2D eigenvalue weighted by molar-refractivity contribution is 5.69. The Morgan fingerprint density at radius 3 is 2.60 bits per heavy atom. The molecule has 0 atom stereocenters. The normalized spacial score (nSPS) is 11.3. The number of carboxylic acids is 1. The van der Waals surface area contributed by atoms with Crippen molar-refractivity contribution in [1.82, 2.24) is 15.1 Å². The SMILES string of the molecule is Cc1nnc(CN(CC(=O)O)C(C)C)o1. The van der Waals surface area contributed by atoms with E-state index in [4.69, 9.17) is 9.52 Å². The van der Waals surface area contributed by atoms with Crippen molar-refractivity contribution in [3.63, 3.8) is 0 Å². The molecule has 1 heterocycles. The molecule has 84 valence electrons. The first kappa shape index (κ1) is 11.6. The number of aromatic nitrogens is 2. The molecule has 0 fully saturated rings. The first-order valence-corrected chi connectivity index (χ1v) is 4.74. The van der Waals surface area contributed by atoms with Gasteiger partial charge in [-0.1, -0.05) is 0 Å². The van der Waals surface area contributed by atoms with Gasteiger partial charge in [0, 0.05) is 13.0 Å². The number of carbonyl (C=O) groups is 1. The van der Waals surface area contributed by atoms with Gasteiger partial charge in [0.25, 0.3) is 0 Å². The molecule has 0 aliphatic heterocycles. The molecular weight excluding hydrogens is 198 g/mol. The van der Waals surface area contributed by atoms with E-state index in [0.717, 1.165) is 0 Å². The molecule has 0 saturated carbocycles. The summed E-state index contributed by atoms with van der Waals surface area (Å²) in [5.41, 5.74) is 0. The second kappa shape index (κ2) is 4.88. The highest BCUT2D eigenvalue weighted by Gasteiger charge is 2.16. The van der Waals surface area contributed by atoms with Gasteiger partial charge in [0.15, 0.2) is 0 Å². The largest absolute Gasteiger partial charge is 0.480 e. The van der Waals surface area contributed by atoms with E-state index in [2.05, 4.69) is 10.2 Å². The number of hydrogen-bond acceptors (Lipinski definition) is 5. The van der Waals surface area contributed by atoms with Gasteiger partial charge in [0.2, 0.25) is 11.8 Å². The molecule has 1 aromatic heterocycles. The fraction of sp³-hybridized carbons (Fsp3) is 0.667. The molecule has 0 aromatic carbocycles. The fourth-order valence-electron chi connectivity index (χ4n) is 1.17. The van der Waals surface area contributed by atoms with Gasteiger partial charge in [-0.25, -0.2) is 0 Å². The number of rotatable bonds is 5. The van der Waals surface area contributed by atoms with Crippen LogP contribution >= 0.6 is 0 Å². The molecule has 15 heavy (non-hydrogen) atoms. The number of aryl methyl sites for hydroxylation is 1. The van der Waals surface area contributed by atoms with Crippen molar-refractivity contribution in [1.29, 1.82) is 0 Å². The lowest BCUT2D eigenvalue weighted by Gasteiger charge is -2.22. The molecule has 1 rings (SSSR count). The standard InChI is InChI=1S/C9H15N3O3/c1-6(2)12(5-9(13)14)4-8-11-10-7(3)15-8/h6H,4-5H2,1-3H3,(H,13,14). The van der Waals surface area contributed by atoms with Crippen molar-refractivity contribution in [2.24, 2.45) is 0 Å². The highest BCUT2D eigenvalue weighted by Crippen LogP contribution is 2.06. The van der Waals surface area contributed by atoms with Crippen LogP contribution in [0.3, 0.4) is 0 Å². The van der Waals surface area contributed by atoms with Crippen LogP contribution in [0.4, 0.5) is 0 Å². The van der Waals surface area contributed by atoms with Crippen LogP contribution < -0.4 is 0 Å². The summed E-state index contributed by atoms with van der Waals surface area (Å²) in [5.74, 6) is 0.0754. The summed E-state index contributed by atoms with van der Waals surface area (Å²) >= 11 is 0. The summed E-state index contributed by atoms with van der Waals surface area (Å²) in [6, 6.07) is 0.119. The Morgan fingerprint density at radius 1 is 1.53 bits per heavy atom. The van der Waals surface area contributed by atoms with Crippen LogP contribution in [-0.4, -0.2) is 38.8 Å². The van der Waals surface area contributed by atoms with E-state index in [0.29, 0.717) is 18.3 Å². The van der Waals surface area contributed by atoms with Crippen LogP contribution in [0.5, 0.6) is 0 Å². The number of nitrogens with zero attached hydrogens (tertiary/aromatic N) is 3. The third-order valence-electron chi connectivity index (χ3n) is 1.97. The maximum absolute atomic E-state index is 10.6. The van der Waals surface area contributed by atoms with Crippen molar-refractivity contribution >= 4 is 5.97 Å². The molecule has 1 N–H and O–H groups in total. The van der Waals surface area contributed by atoms with Crippen LogP contribution in [0.1, 0.15) is 25.6 Å². The van der Waals surface area contributed by atoms with E-state index in [1.807, 2.05) is 13.8 Å². The van der Waals surface area contributed by atoms with Gasteiger partial charge >= 0.3 is 5.97 Å². The molecule has 0 spiro atoms. The first-order valence-electron chi connectivity index (χ1n) is 4.74. The second-order valence-corrected chi connectivity index (χ2v) is 3.61. The minimum Gasteiger partial charge on any atom is -0.480 e.